The van der Waals surface area contributed by atoms with Gasteiger partial charge in [-0.25, -0.2) is 4.79 Å². The van der Waals surface area contributed by atoms with Gasteiger partial charge in [0.2, 0.25) is 0 Å². The molecule has 0 saturated heterocycles. The standard InChI is InChI=1S/C36H29N3O6/c40-34(38-18-19-44-28-13-6-23(7-14-28)20-33(36(42)43)45-29-4-2-1-3-5-29)24-8-11-27(12-9-24)39-35(41)30-15-10-25-21-31(30)32-22-26(25)16-17-37-32/h1-17,21-22,33H,18-20H2,(H,38,40)(H,39,41)(H,42,43). The number of para-hydroxylation sites is 1. The summed E-state index contributed by atoms with van der Waals surface area (Å²) in [6.45, 7) is 0.520. The van der Waals surface area contributed by atoms with Gasteiger partial charge in [0.1, 0.15) is 18.1 Å². The molecular formula is C36H29N3O6. The predicted octanol–water partition coefficient (Wildman–Crippen LogP) is 5.96. The molecule has 6 rings (SSSR count). The average molecular weight is 600 g/mol. The number of carbonyl (C=O) groups excluding carboxylic acids is 2. The number of anilines is 1. The highest BCUT2D eigenvalue weighted by Crippen LogP contribution is 2.27. The van der Waals surface area contributed by atoms with Crippen LogP contribution in [0.2, 0.25) is 0 Å². The lowest BCUT2D eigenvalue weighted by Crippen LogP contribution is -2.29. The van der Waals surface area contributed by atoms with E-state index >= 15 is 0 Å². The van der Waals surface area contributed by atoms with Crippen molar-refractivity contribution >= 4 is 45.1 Å². The molecule has 5 aromatic carbocycles. The number of amides is 2. The summed E-state index contributed by atoms with van der Waals surface area (Å²) in [5.41, 5.74) is 3.10. The van der Waals surface area contributed by atoms with Gasteiger partial charge in [-0.1, -0.05) is 36.4 Å². The zero-order valence-electron chi connectivity index (χ0n) is 24.1. The van der Waals surface area contributed by atoms with Crippen molar-refractivity contribution in [3.63, 3.8) is 0 Å². The highest BCUT2D eigenvalue weighted by molar-refractivity contribution is 6.15. The number of hydrogen-bond donors (Lipinski definition) is 3. The van der Waals surface area contributed by atoms with Gasteiger partial charge in [0.25, 0.3) is 11.8 Å². The fourth-order valence-corrected chi connectivity index (χ4v) is 5.01. The van der Waals surface area contributed by atoms with E-state index in [4.69, 9.17) is 9.47 Å². The summed E-state index contributed by atoms with van der Waals surface area (Å²) in [5.74, 6) is -0.477. The lowest BCUT2D eigenvalue weighted by atomic mass is 10.0. The molecule has 0 aliphatic heterocycles. The molecule has 9 nitrogen and oxygen atoms in total. The third kappa shape index (κ3) is 7.00. The Morgan fingerprint density at radius 3 is 2.29 bits per heavy atom. The second-order valence-corrected chi connectivity index (χ2v) is 10.4. The van der Waals surface area contributed by atoms with Crippen LogP contribution in [0.3, 0.4) is 0 Å². The number of benzene rings is 5. The second kappa shape index (κ2) is 13.1. The number of carboxylic acids is 1. The Kier molecular flexibility index (Phi) is 8.50. The Bertz CT molecular complexity index is 1940. The van der Waals surface area contributed by atoms with Gasteiger partial charge in [-0.2, -0.15) is 0 Å². The number of nitrogens with one attached hydrogen (secondary N) is 2. The maximum atomic E-state index is 13.0. The van der Waals surface area contributed by atoms with Crippen molar-refractivity contribution in [1.29, 1.82) is 0 Å². The number of hydrogen-bond acceptors (Lipinski definition) is 6. The smallest absolute Gasteiger partial charge is 0.345 e. The zero-order valence-corrected chi connectivity index (χ0v) is 24.1. The van der Waals surface area contributed by atoms with Crippen LogP contribution in [0.4, 0.5) is 5.69 Å². The van der Waals surface area contributed by atoms with Gasteiger partial charge in [0, 0.05) is 34.8 Å². The second-order valence-electron chi connectivity index (χ2n) is 10.4. The van der Waals surface area contributed by atoms with Crippen molar-refractivity contribution in [2.45, 2.75) is 12.5 Å². The minimum atomic E-state index is -1.04. The molecule has 1 aromatic heterocycles. The van der Waals surface area contributed by atoms with Gasteiger partial charge in [-0.05, 0) is 89.1 Å². The molecule has 0 aliphatic carbocycles. The summed E-state index contributed by atoms with van der Waals surface area (Å²) in [6.07, 6.45) is 0.919. The Morgan fingerprint density at radius 2 is 1.53 bits per heavy atom. The number of aromatic nitrogens is 1. The fourth-order valence-electron chi connectivity index (χ4n) is 5.01. The van der Waals surface area contributed by atoms with Crippen molar-refractivity contribution in [3.05, 3.63) is 132 Å². The molecule has 0 aliphatic rings. The summed E-state index contributed by atoms with van der Waals surface area (Å²) in [6, 6.07) is 32.2. The van der Waals surface area contributed by atoms with Gasteiger partial charge in [0.15, 0.2) is 6.10 Å². The minimum Gasteiger partial charge on any atom is -0.492 e. The normalized spacial score (nSPS) is 11.6. The van der Waals surface area contributed by atoms with E-state index < -0.39 is 12.1 Å². The predicted molar refractivity (Wildman–Crippen MR) is 171 cm³/mol. The number of carboxylic acid groups (broad SMARTS) is 1. The third-order valence-electron chi connectivity index (χ3n) is 7.34. The third-order valence-corrected chi connectivity index (χ3v) is 7.34. The van der Waals surface area contributed by atoms with Crippen LogP contribution in [0, 0.1) is 0 Å². The summed E-state index contributed by atoms with van der Waals surface area (Å²) < 4.78 is 11.3. The average Bonchev–Trinajstić information content (AvgIpc) is 3.07. The van der Waals surface area contributed by atoms with E-state index in [9.17, 15) is 19.5 Å². The Balaban J connectivity index is 0.960. The molecule has 1 heterocycles. The SMILES string of the molecule is O=C(NCCOc1ccc(CC(Oc2ccccc2)C(=O)O)cc1)c1ccc(NC(=O)c2ccc3cc2c2cc3ccn2)cc1. The van der Waals surface area contributed by atoms with Gasteiger partial charge in [0.05, 0.1) is 12.1 Å². The van der Waals surface area contributed by atoms with Crippen molar-refractivity contribution in [1.82, 2.24) is 10.3 Å². The fraction of sp³-hybridized carbons (Fsp3) is 0.111. The van der Waals surface area contributed by atoms with Crippen LogP contribution >= 0.6 is 0 Å². The summed E-state index contributed by atoms with van der Waals surface area (Å²) >= 11 is 0. The first-order valence-corrected chi connectivity index (χ1v) is 14.4. The Hall–Kier alpha value is -5.96. The molecule has 0 saturated carbocycles. The summed E-state index contributed by atoms with van der Waals surface area (Å²) in [7, 11) is 0. The molecule has 2 amide bonds. The lowest BCUT2D eigenvalue weighted by molar-refractivity contribution is -0.145. The number of aliphatic carboxylic acids is 1. The molecule has 0 fully saturated rings. The van der Waals surface area contributed by atoms with Crippen LogP contribution < -0.4 is 20.1 Å². The van der Waals surface area contributed by atoms with Gasteiger partial charge < -0.3 is 25.2 Å². The first kappa shape index (κ1) is 29.1. The highest BCUT2D eigenvalue weighted by atomic mass is 16.5. The highest BCUT2D eigenvalue weighted by Gasteiger charge is 2.20. The first-order chi connectivity index (χ1) is 21.9. The molecule has 0 radical (unpaired) electrons. The maximum Gasteiger partial charge on any atom is 0.345 e. The monoisotopic (exact) mass is 599 g/mol. The summed E-state index contributed by atoms with van der Waals surface area (Å²) in [5, 5.41) is 18.2. The molecular weight excluding hydrogens is 570 g/mol. The zero-order chi connectivity index (χ0) is 31.2. The van der Waals surface area contributed by atoms with Crippen LogP contribution in [-0.4, -0.2) is 47.1 Å². The molecule has 6 aromatic rings. The molecule has 4 bridgehead atoms. The van der Waals surface area contributed by atoms with E-state index in [2.05, 4.69) is 15.6 Å². The number of carbonyl (C=O) groups is 3. The van der Waals surface area contributed by atoms with Crippen LogP contribution in [0.25, 0.3) is 21.7 Å². The lowest BCUT2D eigenvalue weighted by Gasteiger charge is -2.15. The number of pyridine rings is 1. The molecule has 1 atom stereocenters. The van der Waals surface area contributed by atoms with E-state index in [0.717, 1.165) is 27.2 Å². The van der Waals surface area contributed by atoms with Crippen LogP contribution in [-0.2, 0) is 11.2 Å². The van der Waals surface area contributed by atoms with E-state index in [1.807, 2.05) is 30.3 Å². The molecule has 0 spiro atoms. The molecule has 224 valence electrons. The van der Waals surface area contributed by atoms with Crippen molar-refractivity contribution < 1.29 is 29.0 Å². The number of nitrogens with zero attached hydrogens (tertiary/aromatic N) is 1. The van der Waals surface area contributed by atoms with E-state index in [0.29, 0.717) is 28.3 Å². The molecule has 9 heteroatoms. The molecule has 45 heavy (non-hydrogen) atoms. The molecule has 3 N–H and O–H groups in total. The number of fused-ring (bicyclic) bond motifs is 6. The Labute approximate surface area is 258 Å². The van der Waals surface area contributed by atoms with E-state index in [1.54, 1.807) is 85.1 Å². The van der Waals surface area contributed by atoms with Crippen molar-refractivity contribution in [2.24, 2.45) is 0 Å². The topological polar surface area (TPSA) is 127 Å². The molecule has 1 unspecified atom stereocenters. The minimum absolute atomic E-state index is 0.198. The van der Waals surface area contributed by atoms with Gasteiger partial charge in [-0.3, -0.25) is 14.6 Å². The largest absolute Gasteiger partial charge is 0.492 e. The Morgan fingerprint density at radius 1 is 0.778 bits per heavy atom. The van der Waals surface area contributed by atoms with Gasteiger partial charge in [-0.15, -0.1) is 0 Å². The van der Waals surface area contributed by atoms with Crippen LogP contribution in [0.1, 0.15) is 26.3 Å². The van der Waals surface area contributed by atoms with Crippen molar-refractivity contribution in [3.8, 4) is 11.5 Å². The quantitative estimate of drug-likeness (QED) is 0.148. The van der Waals surface area contributed by atoms with Crippen LogP contribution in [0.5, 0.6) is 11.5 Å². The van der Waals surface area contributed by atoms with Crippen LogP contribution in [0.15, 0.2) is 115 Å². The van der Waals surface area contributed by atoms with Crippen molar-refractivity contribution in [2.75, 3.05) is 18.5 Å². The maximum absolute atomic E-state index is 13.0. The summed E-state index contributed by atoms with van der Waals surface area (Å²) in [4.78, 5) is 41.7. The number of rotatable bonds is 12. The van der Waals surface area contributed by atoms with E-state index in [1.165, 1.54) is 0 Å². The van der Waals surface area contributed by atoms with E-state index in [-0.39, 0.29) is 31.4 Å². The first-order valence-electron chi connectivity index (χ1n) is 14.4. The van der Waals surface area contributed by atoms with Gasteiger partial charge >= 0.3 is 5.97 Å². The number of ether oxygens (including phenoxy) is 2.